The van der Waals surface area contributed by atoms with Gasteiger partial charge in [-0.05, 0) is 21.6 Å². The Morgan fingerprint density at radius 3 is 2.25 bits per heavy atom. The second kappa shape index (κ2) is 6.37. The topological polar surface area (TPSA) is 57.5 Å². The van der Waals surface area contributed by atoms with Crippen LogP contribution in [-0.2, 0) is 4.79 Å². The molecule has 2 N–H and O–H groups in total. The van der Waals surface area contributed by atoms with E-state index in [0.29, 0.717) is 5.57 Å². The van der Waals surface area contributed by atoms with Crippen LogP contribution < -0.4 is 0 Å². The number of carbonyl (C=O) groups excluding carboxylic acids is 1. The Hall–Kier alpha value is -0.0500. The predicted molar refractivity (Wildman–Crippen MR) is 89.1 cm³/mol. The van der Waals surface area contributed by atoms with E-state index >= 15 is 0 Å². The summed E-state index contributed by atoms with van der Waals surface area (Å²) in [6.45, 7) is 0. The van der Waals surface area contributed by atoms with Crippen molar-refractivity contribution in [1.82, 2.24) is 0 Å². The van der Waals surface area contributed by atoms with Gasteiger partial charge in [0, 0.05) is 15.7 Å². The van der Waals surface area contributed by atoms with Gasteiger partial charge >= 0.3 is 0 Å². The summed E-state index contributed by atoms with van der Waals surface area (Å²) in [7, 11) is 0. The molecule has 0 saturated heterocycles. The molecule has 1 fully saturated rings. The summed E-state index contributed by atoms with van der Waals surface area (Å²) in [4.78, 5) is 12.1. The largest absolute Gasteiger partial charge is 0.388 e. The maximum absolute atomic E-state index is 12.1. The SMILES string of the molecule is O=C1C(=CC2SC=CS2)C(O)C(C=C2SC=CS2)C1O. The summed E-state index contributed by atoms with van der Waals surface area (Å²) in [5, 5.41) is 28.2. The number of carbonyl (C=O) groups is 1. The molecule has 1 aliphatic carbocycles. The summed E-state index contributed by atoms with van der Waals surface area (Å²) in [5.41, 5.74) is 0.342. The quantitative estimate of drug-likeness (QED) is 0.747. The number of hydrogen-bond acceptors (Lipinski definition) is 7. The average molecular weight is 345 g/mol. The first-order chi connectivity index (χ1) is 9.66. The molecule has 0 radical (unpaired) electrons. The van der Waals surface area contributed by atoms with Gasteiger partial charge in [-0.3, -0.25) is 4.79 Å². The molecule has 2 aliphatic heterocycles. The van der Waals surface area contributed by atoms with E-state index in [2.05, 4.69) is 0 Å². The van der Waals surface area contributed by atoms with Crippen molar-refractivity contribution < 1.29 is 15.0 Å². The van der Waals surface area contributed by atoms with E-state index in [1.807, 2.05) is 21.6 Å². The molecule has 3 atom stereocenters. The van der Waals surface area contributed by atoms with E-state index in [4.69, 9.17) is 0 Å². The zero-order chi connectivity index (χ0) is 14.1. The second-order valence-electron chi connectivity index (χ2n) is 4.36. The van der Waals surface area contributed by atoms with Crippen molar-refractivity contribution in [3.63, 3.8) is 0 Å². The highest BCUT2D eigenvalue weighted by Crippen LogP contribution is 2.42. The molecule has 106 valence electrons. The van der Waals surface area contributed by atoms with Crippen molar-refractivity contribution in [2.24, 2.45) is 5.92 Å². The Bertz CT molecular complexity index is 520. The second-order valence-corrected chi connectivity index (χ2v) is 8.92. The van der Waals surface area contributed by atoms with Crippen molar-refractivity contribution >= 4 is 52.8 Å². The van der Waals surface area contributed by atoms with Crippen molar-refractivity contribution in [2.75, 3.05) is 0 Å². The molecule has 2 heterocycles. The molecule has 3 nitrogen and oxygen atoms in total. The van der Waals surface area contributed by atoms with Crippen molar-refractivity contribution in [3.8, 4) is 0 Å². The standard InChI is InChI=1S/C13H12O3S4/c14-11-7(5-9-17-1-2-18-9)12(15)13(16)8(11)6-10-19-3-4-20-10/h1-7,10-12,14-15H. The van der Waals surface area contributed by atoms with Crippen LogP contribution in [0.15, 0.2) is 43.6 Å². The maximum Gasteiger partial charge on any atom is 0.190 e. The zero-order valence-corrected chi connectivity index (χ0v) is 13.5. The molecule has 3 unspecified atom stereocenters. The van der Waals surface area contributed by atoms with E-state index in [9.17, 15) is 15.0 Å². The summed E-state index contributed by atoms with van der Waals surface area (Å²) < 4.78 is 1.10. The zero-order valence-electron chi connectivity index (χ0n) is 10.2. The van der Waals surface area contributed by atoms with Gasteiger partial charge in [0.15, 0.2) is 5.78 Å². The minimum Gasteiger partial charge on any atom is -0.388 e. The molecule has 0 bridgehead atoms. The van der Waals surface area contributed by atoms with Gasteiger partial charge in [0.25, 0.3) is 0 Å². The van der Waals surface area contributed by atoms with Crippen molar-refractivity contribution in [2.45, 2.75) is 16.8 Å². The lowest BCUT2D eigenvalue weighted by Crippen LogP contribution is -2.23. The summed E-state index contributed by atoms with van der Waals surface area (Å²) in [6, 6.07) is 0. The minimum absolute atomic E-state index is 0.110. The molecule has 0 aromatic rings. The summed E-state index contributed by atoms with van der Waals surface area (Å²) >= 11 is 6.27. The molecular formula is C13H12O3S4. The fraction of sp³-hybridized carbons (Fsp3) is 0.308. The fourth-order valence-electron chi connectivity index (χ4n) is 2.16. The highest BCUT2D eigenvalue weighted by molar-refractivity contribution is 8.27. The van der Waals surface area contributed by atoms with Crippen molar-refractivity contribution in [3.05, 3.63) is 43.6 Å². The van der Waals surface area contributed by atoms with Crippen LogP contribution in [0.3, 0.4) is 0 Å². The van der Waals surface area contributed by atoms with Crippen LogP contribution in [-0.4, -0.2) is 32.8 Å². The first kappa shape index (κ1) is 14.9. The number of ketones is 1. The molecule has 1 saturated carbocycles. The lowest BCUT2D eigenvalue weighted by Gasteiger charge is -2.13. The number of rotatable bonds is 2. The smallest absolute Gasteiger partial charge is 0.190 e. The molecule has 3 aliphatic rings. The van der Waals surface area contributed by atoms with Crippen LogP contribution in [0, 0.1) is 5.92 Å². The Balaban J connectivity index is 1.80. The Kier molecular flexibility index (Phi) is 4.74. The van der Waals surface area contributed by atoms with E-state index < -0.39 is 18.1 Å². The summed E-state index contributed by atoms with van der Waals surface area (Å²) in [6.07, 6.45) is 1.51. The van der Waals surface area contributed by atoms with E-state index in [-0.39, 0.29) is 10.4 Å². The van der Waals surface area contributed by atoms with Crippen LogP contribution in [0.25, 0.3) is 0 Å². The third-order valence-electron chi connectivity index (χ3n) is 3.15. The molecule has 0 aromatic heterocycles. The molecular weight excluding hydrogens is 332 g/mol. The van der Waals surface area contributed by atoms with Gasteiger partial charge in [-0.2, -0.15) is 0 Å². The van der Waals surface area contributed by atoms with Gasteiger partial charge in [0.1, 0.15) is 6.10 Å². The number of aliphatic hydroxyl groups excluding tert-OH is 2. The number of aliphatic hydroxyl groups is 2. The highest BCUT2D eigenvalue weighted by atomic mass is 32.2. The van der Waals surface area contributed by atoms with Crippen LogP contribution in [0.1, 0.15) is 0 Å². The molecule has 0 aromatic carbocycles. The van der Waals surface area contributed by atoms with E-state index in [1.54, 1.807) is 59.2 Å². The maximum atomic E-state index is 12.1. The van der Waals surface area contributed by atoms with Gasteiger partial charge in [-0.25, -0.2) is 0 Å². The molecule has 3 rings (SSSR count). The Morgan fingerprint density at radius 1 is 0.950 bits per heavy atom. The lowest BCUT2D eigenvalue weighted by molar-refractivity contribution is -0.122. The van der Waals surface area contributed by atoms with Gasteiger partial charge in [0.05, 0.1) is 10.7 Å². The van der Waals surface area contributed by atoms with E-state index in [1.165, 1.54) is 0 Å². The van der Waals surface area contributed by atoms with Crippen LogP contribution in [0.5, 0.6) is 0 Å². The summed E-state index contributed by atoms with van der Waals surface area (Å²) in [5.74, 6) is -0.901. The van der Waals surface area contributed by atoms with Gasteiger partial charge < -0.3 is 10.2 Å². The van der Waals surface area contributed by atoms with Crippen molar-refractivity contribution in [1.29, 1.82) is 0 Å². The predicted octanol–water partition coefficient (Wildman–Crippen LogP) is 2.90. The van der Waals surface area contributed by atoms with Gasteiger partial charge in [-0.1, -0.05) is 35.7 Å². The third-order valence-corrected chi connectivity index (χ3v) is 7.41. The minimum atomic E-state index is -1.14. The lowest BCUT2D eigenvalue weighted by atomic mass is 10.0. The van der Waals surface area contributed by atoms with E-state index in [0.717, 1.165) is 4.24 Å². The van der Waals surface area contributed by atoms with Gasteiger partial charge in [-0.15, -0.1) is 23.5 Å². The number of Topliss-reactive ketones (excluding diaryl/α,β-unsaturated/α-hetero) is 1. The van der Waals surface area contributed by atoms with Gasteiger partial charge in [0.2, 0.25) is 0 Å². The highest BCUT2D eigenvalue weighted by Gasteiger charge is 2.44. The first-order valence-electron chi connectivity index (χ1n) is 5.95. The molecule has 20 heavy (non-hydrogen) atoms. The normalized spacial score (nSPS) is 35.7. The molecule has 7 heteroatoms. The Morgan fingerprint density at radius 2 is 1.60 bits per heavy atom. The number of hydrogen-bond donors (Lipinski definition) is 2. The molecule has 0 spiro atoms. The van der Waals surface area contributed by atoms with Crippen LogP contribution in [0.2, 0.25) is 0 Å². The average Bonchev–Trinajstić information content (AvgIpc) is 3.15. The van der Waals surface area contributed by atoms with Crippen LogP contribution in [0.4, 0.5) is 0 Å². The Labute approximate surface area is 134 Å². The monoisotopic (exact) mass is 344 g/mol. The third kappa shape index (κ3) is 2.93. The fourth-order valence-corrected chi connectivity index (χ4v) is 5.82. The first-order valence-corrected chi connectivity index (χ1v) is 9.59. The molecule has 0 amide bonds. The van der Waals surface area contributed by atoms with Crippen LogP contribution >= 0.6 is 47.0 Å². The number of thioether (sulfide) groups is 4.